The fourth-order valence-electron chi connectivity index (χ4n) is 1.56. The van der Waals surface area contributed by atoms with Crippen LogP contribution in [-0.2, 0) is 4.74 Å². The van der Waals surface area contributed by atoms with Crippen LogP contribution < -0.4 is 10.5 Å². The van der Waals surface area contributed by atoms with Crippen LogP contribution in [0.15, 0.2) is 30.5 Å². The molecule has 0 unspecified atom stereocenters. The maximum atomic E-state index is 13.4. The molecule has 0 saturated carbocycles. The SMILES string of the molecule is CCOC(=O)c1cc(N)cnc1Oc1ccc(Cl)c(F)c1. The molecule has 0 bridgehead atoms. The third-order valence-electron chi connectivity index (χ3n) is 2.47. The van der Waals surface area contributed by atoms with Crippen molar-refractivity contribution in [2.24, 2.45) is 0 Å². The summed E-state index contributed by atoms with van der Waals surface area (Å²) in [5, 5.41) is -0.0294. The van der Waals surface area contributed by atoms with Crippen LogP contribution in [0, 0.1) is 5.82 Å². The molecule has 0 aliphatic carbocycles. The Morgan fingerprint density at radius 2 is 2.19 bits per heavy atom. The highest BCUT2D eigenvalue weighted by molar-refractivity contribution is 6.30. The summed E-state index contributed by atoms with van der Waals surface area (Å²) in [6, 6.07) is 5.27. The number of carbonyl (C=O) groups is 1. The summed E-state index contributed by atoms with van der Waals surface area (Å²) in [5.41, 5.74) is 5.94. The lowest BCUT2D eigenvalue weighted by molar-refractivity contribution is 0.0523. The summed E-state index contributed by atoms with van der Waals surface area (Å²) in [6.45, 7) is 1.87. The number of benzene rings is 1. The third-order valence-corrected chi connectivity index (χ3v) is 2.78. The van der Waals surface area contributed by atoms with Crippen LogP contribution in [-0.4, -0.2) is 17.6 Å². The number of ether oxygens (including phenoxy) is 2. The van der Waals surface area contributed by atoms with E-state index < -0.39 is 11.8 Å². The lowest BCUT2D eigenvalue weighted by Crippen LogP contribution is -2.08. The number of aromatic nitrogens is 1. The number of pyridine rings is 1. The van der Waals surface area contributed by atoms with Gasteiger partial charge in [-0.3, -0.25) is 0 Å². The van der Waals surface area contributed by atoms with Gasteiger partial charge in [-0.25, -0.2) is 14.2 Å². The first-order chi connectivity index (χ1) is 10.0. The number of hydrogen-bond acceptors (Lipinski definition) is 5. The largest absolute Gasteiger partial charge is 0.462 e. The highest BCUT2D eigenvalue weighted by Gasteiger charge is 2.17. The van der Waals surface area contributed by atoms with Crippen LogP contribution in [0.25, 0.3) is 0 Å². The number of esters is 1. The van der Waals surface area contributed by atoms with Crippen molar-refractivity contribution in [3.8, 4) is 11.6 Å². The van der Waals surface area contributed by atoms with Gasteiger partial charge in [-0.05, 0) is 25.1 Å². The van der Waals surface area contributed by atoms with Gasteiger partial charge in [0.25, 0.3) is 0 Å². The molecule has 0 spiro atoms. The second-order valence-electron chi connectivity index (χ2n) is 4.02. The van der Waals surface area contributed by atoms with E-state index in [9.17, 15) is 9.18 Å². The fourth-order valence-corrected chi connectivity index (χ4v) is 1.67. The summed E-state index contributed by atoms with van der Waals surface area (Å²) < 4.78 is 23.7. The predicted octanol–water partition coefficient (Wildman–Crippen LogP) is 3.43. The number of rotatable bonds is 4. The smallest absolute Gasteiger partial charge is 0.343 e. The summed E-state index contributed by atoms with van der Waals surface area (Å²) in [5.74, 6) is -1.13. The van der Waals surface area contributed by atoms with Gasteiger partial charge in [0.1, 0.15) is 17.1 Å². The van der Waals surface area contributed by atoms with E-state index >= 15 is 0 Å². The Morgan fingerprint density at radius 1 is 1.43 bits per heavy atom. The molecule has 21 heavy (non-hydrogen) atoms. The van der Waals surface area contributed by atoms with Crippen LogP contribution in [0.1, 0.15) is 17.3 Å². The molecule has 5 nitrogen and oxygen atoms in total. The topological polar surface area (TPSA) is 74.4 Å². The lowest BCUT2D eigenvalue weighted by atomic mass is 10.2. The minimum atomic E-state index is -0.637. The van der Waals surface area contributed by atoms with Gasteiger partial charge < -0.3 is 15.2 Å². The zero-order valence-corrected chi connectivity index (χ0v) is 11.9. The summed E-state index contributed by atoms with van der Waals surface area (Å²) >= 11 is 5.59. The number of hydrogen-bond donors (Lipinski definition) is 1. The van der Waals surface area contributed by atoms with Crippen molar-refractivity contribution < 1.29 is 18.7 Å². The van der Waals surface area contributed by atoms with Crippen molar-refractivity contribution in [3.63, 3.8) is 0 Å². The average Bonchev–Trinajstić information content (AvgIpc) is 2.45. The van der Waals surface area contributed by atoms with E-state index in [2.05, 4.69) is 4.98 Å². The van der Waals surface area contributed by atoms with Crippen LogP contribution >= 0.6 is 11.6 Å². The maximum Gasteiger partial charge on any atom is 0.343 e. The average molecular weight is 311 g/mol. The Labute approximate surface area is 125 Å². The molecule has 1 aromatic heterocycles. The monoisotopic (exact) mass is 310 g/mol. The molecule has 0 aliphatic heterocycles. The van der Waals surface area contributed by atoms with Crippen LogP contribution in [0.4, 0.5) is 10.1 Å². The number of anilines is 1. The van der Waals surface area contributed by atoms with E-state index in [1.165, 1.54) is 24.4 Å². The zero-order valence-electron chi connectivity index (χ0n) is 11.1. The van der Waals surface area contributed by atoms with Gasteiger partial charge in [0.15, 0.2) is 0 Å². The Hall–Kier alpha value is -2.34. The number of halogens is 2. The number of nitrogen functional groups attached to an aromatic ring is 1. The van der Waals surface area contributed by atoms with E-state index in [-0.39, 0.29) is 34.5 Å². The summed E-state index contributed by atoms with van der Waals surface area (Å²) in [4.78, 5) is 15.8. The van der Waals surface area contributed by atoms with Gasteiger partial charge in [0.05, 0.1) is 23.5 Å². The zero-order chi connectivity index (χ0) is 15.4. The minimum Gasteiger partial charge on any atom is -0.462 e. The quantitative estimate of drug-likeness (QED) is 0.876. The van der Waals surface area contributed by atoms with E-state index in [4.69, 9.17) is 26.8 Å². The molecule has 0 atom stereocenters. The standard InChI is InChI=1S/C14H12ClFN2O3/c1-2-20-14(19)10-5-8(17)7-18-13(10)21-9-3-4-11(15)12(16)6-9/h3-7H,2,17H2,1H3. The highest BCUT2D eigenvalue weighted by atomic mass is 35.5. The van der Waals surface area contributed by atoms with Crippen molar-refractivity contribution in [1.82, 2.24) is 4.98 Å². The first-order valence-electron chi connectivity index (χ1n) is 6.06. The van der Waals surface area contributed by atoms with E-state index in [1.54, 1.807) is 6.92 Å². The molecule has 0 saturated heterocycles. The number of nitrogens with two attached hydrogens (primary N) is 1. The molecule has 2 rings (SSSR count). The van der Waals surface area contributed by atoms with Crippen molar-refractivity contribution in [3.05, 3.63) is 46.9 Å². The summed E-state index contributed by atoms with van der Waals surface area (Å²) in [6.07, 6.45) is 1.32. The minimum absolute atomic E-state index is 0.0237. The van der Waals surface area contributed by atoms with Gasteiger partial charge in [-0.15, -0.1) is 0 Å². The lowest BCUT2D eigenvalue weighted by Gasteiger charge is -2.10. The molecule has 1 aromatic carbocycles. The maximum absolute atomic E-state index is 13.4. The Bertz CT molecular complexity index is 679. The molecule has 2 N–H and O–H groups in total. The van der Waals surface area contributed by atoms with Gasteiger partial charge in [-0.2, -0.15) is 0 Å². The number of nitrogens with zero attached hydrogens (tertiary/aromatic N) is 1. The fraction of sp³-hybridized carbons (Fsp3) is 0.143. The molecule has 0 amide bonds. The molecule has 2 aromatic rings. The van der Waals surface area contributed by atoms with Crippen LogP contribution in [0.3, 0.4) is 0 Å². The normalized spacial score (nSPS) is 10.2. The van der Waals surface area contributed by atoms with Crippen molar-refractivity contribution >= 4 is 23.3 Å². The highest BCUT2D eigenvalue weighted by Crippen LogP contribution is 2.27. The third kappa shape index (κ3) is 3.61. The first-order valence-corrected chi connectivity index (χ1v) is 6.44. The Balaban J connectivity index is 2.34. The Kier molecular flexibility index (Phi) is 4.59. The van der Waals surface area contributed by atoms with Gasteiger partial charge in [0, 0.05) is 6.07 Å². The van der Waals surface area contributed by atoms with Crippen LogP contribution in [0.2, 0.25) is 5.02 Å². The van der Waals surface area contributed by atoms with E-state index in [0.717, 1.165) is 6.07 Å². The van der Waals surface area contributed by atoms with E-state index in [1.807, 2.05) is 0 Å². The molecule has 0 radical (unpaired) electrons. The van der Waals surface area contributed by atoms with Crippen LogP contribution in [0.5, 0.6) is 11.6 Å². The molecule has 1 heterocycles. The van der Waals surface area contributed by atoms with Crippen molar-refractivity contribution in [2.75, 3.05) is 12.3 Å². The first kappa shape index (κ1) is 15.1. The molecular weight excluding hydrogens is 299 g/mol. The summed E-state index contributed by atoms with van der Waals surface area (Å²) in [7, 11) is 0. The van der Waals surface area contributed by atoms with E-state index in [0.29, 0.717) is 0 Å². The van der Waals surface area contributed by atoms with Crippen molar-refractivity contribution in [2.45, 2.75) is 6.92 Å². The molecule has 110 valence electrons. The van der Waals surface area contributed by atoms with Gasteiger partial charge in [0.2, 0.25) is 5.88 Å². The molecular formula is C14H12ClFN2O3. The second kappa shape index (κ2) is 6.41. The van der Waals surface area contributed by atoms with Gasteiger partial charge in [-0.1, -0.05) is 11.6 Å². The molecule has 7 heteroatoms. The predicted molar refractivity (Wildman–Crippen MR) is 76.1 cm³/mol. The Morgan fingerprint density at radius 3 is 2.86 bits per heavy atom. The number of carbonyl (C=O) groups excluding carboxylic acids is 1. The van der Waals surface area contributed by atoms with Gasteiger partial charge >= 0.3 is 5.97 Å². The molecule has 0 fully saturated rings. The van der Waals surface area contributed by atoms with Crippen molar-refractivity contribution in [1.29, 1.82) is 0 Å². The molecule has 0 aliphatic rings. The second-order valence-corrected chi connectivity index (χ2v) is 4.43.